The molecule has 0 spiro atoms. The van der Waals surface area contributed by atoms with Gasteiger partial charge in [-0.25, -0.2) is 13.2 Å². The number of nitrogens with zero attached hydrogens (tertiary/aromatic N) is 2. The summed E-state index contributed by atoms with van der Waals surface area (Å²) in [7, 11) is -3.21. The quantitative estimate of drug-likeness (QED) is 0.646. The Labute approximate surface area is 124 Å². The highest BCUT2D eigenvalue weighted by Crippen LogP contribution is 2.19. The lowest BCUT2D eigenvalue weighted by atomic mass is 10.2. The Kier molecular flexibility index (Phi) is 6.41. The molecule has 1 fully saturated rings. The fraction of sp³-hybridized carbons (Fsp3) is 0.833. The summed E-state index contributed by atoms with van der Waals surface area (Å²) in [5, 5.41) is 18.0. The van der Waals surface area contributed by atoms with E-state index >= 15 is 0 Å². The molecule has 0 aromatic heterocycles. The lowest BCUT2D eigenvalue weighted by Crippen LogP contribution is -2.51. The van der Waals surface area contributed by atoms with E-state index in [0.717, 1.165) is 4.90 Å². The molecular formula is C12H22N2O6S. The Balaban J connectivity index is 2.90. The molecule has 1 aliphatic rings. The number of aliphatic hydroxyl groups excluding tert-OH is 1. The van der Waals surface area contributed by atoms with Crippen molar-refractivity contribution in [3.63, 3.8) is 0 Å². The molecule has 0 aromatic carbocycles. The van der Waals surface area contributed by atoms with E-state index in [1.807, 2.05) is 6.92 Å². The standard InChI is InChI=1S/C12H22N2O6S/c1-2-4-13(5-6-15)12(18)14(8-11(16)17)10-3-7-21(19,20)9-10/h10,15H,2-9H2,1H3,(H,16,17). The number of carbonyl (C=O) groups excluding carboxylic acids is 1. The van der Waals surface area contributed by atoms with Crippen LogP contribution < -0.4 is 0 Å². The summed E-state index contributed by atoms with van der Waals surface area (Å²) in [6.07, 6.45) is 0.913. The number of carboxylic acids is 1. The minimum absolute atomic E-state index is 0.0329. The third-order valence-corrected chi connectivity index (χ3v) is 5.08. The summed E-state index contributed by atoms with van der Waals surface area (Å²) in [5.74, 6) is -1.42. The second-order valence-electron chi connectivity index (χ2n) is 5.07. The molecule has 0 aromatic rings. The van der Waals surface area contributed by atoms with Crippen LogP contribution in [0.5, 0.6) is 0 Å². The molecule has 122 valence electrons. The first kappa shape index (κ1) is 17.7. The average molecular weight is 322 g/mol. The van der Waals surface area contributed by atoms with Gasteiger partial charge in [0, 0.05) is 19.1 Å². The van der Waals surface area contributed by atoms with Gasteiger partial charge in [0.1, 0.15) is 6.54 Å². The Hall–Kier alpha value is -1.35. The molecule has 0 aliphatic carbocycles. The summed E-state index contributed by atoms with van der Waals surface area (Å²) in [5.41, 5.74) is 0. The smallest absolute Gasteiger partial charge is 0.323 e. The van der Waals surface area contributed by atoms with Gasteiger partial charge in [-0.2, -0.15) is 0 Å². The van der Waals surface area contributed by atoms with Crippen LogP contribution in [0.15, 0.2) is 0 Å². The maximum atomic E-state index is 12.4. The van der Waals surface area contributed by atoms with Gasteiger partial charge in [-0.05, 0) is 12.8 Å². The molecule has 0 bridgehead atoms. The van der Waals surface area contributed by atoms with Crippen molar-refractivity contribution in [2.24, 2.45) is 0 Å². The van der Waals surface area contributed by atoms with Crippen LogP contribution >= 0.6 is 0 Å². The van der Waals surface area contributed by atoms with Crippen molar-refractivity contribution < 1.29 is 28.2 Å². The van der Waals surface area contributed by atoms with E-state index in [0.29, 0.717) is 13.0 Å². The van der Waals surface area contributed by atoms with Gasteiger partial charge >= 0.3 is 12.0 Å². The van der Waals surface area contributed by atoms with Crippen molar-refractivity contribution in [3.05, 3.63) is 0 Å². The average Bonchev–Trinajstić information content (AvgIpc) is 2.75. The third kappa shape index (κ3) is 5.16. The van der Waals surface area contributed by atoms with Crippen molar-refractivity contribution in [2.75, 3.05) is 37.7 Å². The summed E-state index contributed by atoms with van der Waals surface area (Å²) < 4.78 is 23.1. The van der Waals surface area contributed by atoms with Crippen LogP contribution in [0.3, 0.4) is 0 Å². The summed E-state index contributed by atoms with van der Waals surface area (Å²) >= 11 is 0. The monoisotopic (exact) mass is 322 g/mol. The molecule has 1 saturated heterocycles. The minimum atomic E-state index is -3.21. The molecule has 1 atom stereocenters. The molecular weight excluding hydrogens is 300 g/mol. The second kappa shape index (κ2) is 7.60. The lowest BCUT2D eigenvalue weighted by Gasteiger charge is -2.32. The highest BCUT2D eigenvalue weighted by Gasteiger charge is 2.37. The second-order valence-corrected chi connectivity index (χ2v) is 7.30. The van der Waals surface area contributed by atoms with Gasteiger partial charge in [-0.3, -0.25) is 4.79 Å². The van der Waals surface area contributed by atoms with Crippen molar-refractivity contribution in [2.45, 2.75) is 25.8 Å². The molecule has 1 rings (SSSR count). The van der Waals surface area contributed by atoms with E-state index in [9.17, 15) is 18.0 Å². The topological polar surface area (TPSA) is 115 Å². The van der Waals surface area contributed by atoms with Gasteiger partial charge in [0.15, 0.2) is 9.84 Å². The number of carboxylic acid groups (broad SMARTS) is 1. The van der Waals surface area contributed by atoms with Gasteiger partial charge in [0.25, 0.3) is 0 Å². The van der Waals surface area contributed by atoms with Crippen LogP contribution in [0.4, 0.5) is 4.79 Å². The van der Waals surface area contributed by atoms with Crippen molar-refractivity contribution in [1.82, 2.24) is 9.80 Å². The van der Waals surface area contributed by atoms with E-state index in [1.54, 1.807) is 0 Å². The number of hydrogen-bond acceptors (Lipinski definition) is 5. The first-order valence-electron chi connectivity index (χ1n) is 6.89. The zero-order valence-electron chi connectivity index (χ0n) is 12.1. The van der Waals surface area contributed by atoms with Crippen molar-refractivity contribution in [3.8, 4) is 0 Å². The summed E-state index contributed by atoms with van der Waals surface area (Å²) in [4.78, 5) is 25.8. The normalized spacial score (nSPS) is 20.2. The Bertz CT molecular complexity index is 472. The van der Waals surface area contributed by atoms with Gasteiger partial charge in [-0.1, -0.05) is 6.92 Å². The summed E-state index contributed by atoms with van der Waals surface area (Å²) in [6.45, 7) is 1.58. The largest absolute Gasteiger partial charge is 0.480 e. The Morgan fingerprint density at radius 1 is 1.29 bits per heavy atom. The molecule has 0 saturated carbocycles. The number of sulfone groups is 1. The van der Waals surface area contributed by atoms with Crippen LogP contribution in [0.1, 0.15) is 19.8 Å². The molecule has 8 nitrogen and oxygen atoms in total. The van der Waals surface area contributed by atoms with Crippen LogP contribution in [0.2, 0.25) is 0 Å². The fourth-order valence-electron chi connectivity index (χ4n) is 2.40. The Morgan fingerprint density at radius 2 is 1.95 bits per heavy atom. The number of amides is 2. The van der Waals surface area contributed by atoms with Crippen LogP contribution in [0, 0.1) is 0 Å². The van der Waals surface area contributed by atoms with E-state index in [1.165, 1.54) is 4.90 Å². The van der Waals surface area contributed by atoms with E-state index in [2.05, 4.69) is 0 Å². The van der Waals surface area contributed by atoms with Crippen molar-refractivity contribution >= 4 is 21.8 Å². The maximum Gasteiger partial charge on any atom is 0.323 e. The first-order valence-corrected chi connectivity index (χ1v) is 8.71. The molecule has 1 heterocycles. The highest BCUT2D eigenvalue weighted by atomic mass is 32.2. The maximum absolute atomic E-state index is 12.4. The molecule has 21 heavy (non-hydrogen) atoms. The lowest BCUT2D eigenvalue weighted by molar-refractivity contribution is -0.138. The molecule has 1 unspecified atom stereocenters. The van der Waals surface area contributed by atoms with E-state index < -0.39 is 34.4 Å². The number of hydrogen-bond donors (Lipinski definition) is 2. The molecule has 1 aliphatic heterocycles. The van der Waals surface area contributed by atoms with Crippen LogP contribution in [-0.4, -0.2) is 84.2 Å². The molecule has 2 amide bonds. The van der Waals surface area contributed by atoms with Gasteiger partial charge in [0.2, 0.25) is 0 Å². The number of aliphatic carboxylic acids is 1. The zero-order chi connectivity index (χ0) is 16.0. The first-order chi connectivity index (χ1) is 9.80. The van der Waals surface area contributed by atoms with Crippen LogP contribution in [0.25, 0.3) is 0 Å². The Morgan fingerprint density at radius 3 is 2.38 bits per heavy atom. The highest BCUT2D eigenvalue weighted by molar-refractivity contribution is 7.91. The predicted octanol–water partition coefficient (Wildman–Crippen LogP) is -0.616. The number of rotatable bonds is 7. The number of carbonyl (C=O) groups is 2. The van der Waals surface area contributed by atoms with Crippen LogP contribution in [-0.2, 0) is 14.6 Å². The third-order valence-electron chi connectivity index (χ3n) is 3.33. The molecule has 2 N–H and O–H groups in total. The van der Waals surface area contributed by atoms with Crippen molar-refractivity contribution in [1.29, 1.82) is 0 Å². The fourth-order valence-corrected chi connectivity index (χ4v) is 4.13. The SMILES string of the molecule is CCCN(CCO)C(=O)N(CC(=O)O)C1CCS(=O)(=O)C1. The predicted molar refractivity (Wildman–Crippen MR) is 75.7 cm³/mol. The minimum Gasteiger partial charge on any atom is -0.480 e. The van der Waals surface area contributed by atoms with E-state index in [-0.39, 0.29) is 31.1 Å². The number of aliphatic hydroxyl groups is 1. The zero-order valence-corrected chi connectivity index (χ0v) is 12.9. The summed E-state index contributed by atoms with van der Waals surface area (Å²) in [6, 6.07) is -1.15. The van der Waals surface area contributed by atoms with E-state index in [4.69, 9.17) is 10.2 Å². The number of urea groups is 1. The molecule has 9 heteroatoms. The van der Waals surface area contributed by atoms with Gasteiger partial charge in [-0.15, -0.1) is 0 Å². The van der Waals surface area contributed by atoms with Gasteiger partial charge in [0.05, 0.1) is 18.1 Å². The van der Waals surface area contributed by atoms with Gasteiger partial charge < -0.3 is 20.0 Å². The molecule has 0 radical (unpaired) electrons.